The first-order valence-electron chi connectivity index (χ1n) is 4.57. The molecular weight excluding hydrogens is 221 g/mol. The van der Waals surface area contributed by atoms with Gasteiger partial charge < -0.3 is 4.74 Å². The SMILES string of the molecule is COC(=O)C(c1cccc(C)c1)C(F)(F)F. The largest absolute Gasteiger partial charge is 0.468 e. The van der Waals surface area contributed by atoms with E-state index in [0.717, 1.165) is 7.11 Å². The predicted octanol–water partition coefficient (Wildman–Crippen LogP) is 2.81. The molecule has 0 saturated carbocycles. The first-order valence-corrected chi connectivity index (χ1v) is 4.57. The molecule has 0 bridgehead atoms. The molecule has 0 fully saturated rings. The highest BCUT2D eigenvalue weighted by atomic mass is 19.4. The monoisotopic (exact) mass is 232 g/mol. The van der Waals surface area contributed by atoms with Gasteiger partial charge in [-0.2, -0.15) is 13.2 Å². The molecule has 0 radical (unpaired) electrons. The van der Waals surface area contributed by atoms with Gasteiger partial charge in [-0.05, 0) is 12.5 Å². The van der Waals surface area contributed by atoms with E-state index in [4.69, 9.17) is 0 Å². The Morgan fingerprint density at radius 3 is 2.44 bits per heavy atom. The molecule has 0 spiro atoms. The number of aryl methyl sites for hydroxylation is 1. The van der Waals surface area contributed by atoms with Crippen molar-refractivity contribution in [3.63, 3.8) is 0 Å². The number of carbonyl (C=O) groups excluding carboxylic acids is 1. The third kappa shape index (κ3) is 2.74. The van der Waals surface area contributed by atoms with E-state index in [0.29, 0.717) is 5.56 Å². The van der Waals surface area contributed by atoms with Crippen LogP contribution in [0, 0.1) is 6.92 Å². The number of esters is 1. The van der Waals surface area contributed by atoms with Gasteiger partial charge in [0, 0.05) is 0 Å². The third-order valence-electron chi connectivity index (χ3n) is 2.14. The highest BCUT2D eigenvalue weighted by molar-refractivity contribution is 5.79. The number of benzene rings is 1. The van der Waals surface area contributed by atoms with Crippen molar-refractivity contribution in [3.8, 4) is 0 Å². The number of hydrogen-bond donors (Lipinski definition) is 0. The molecular formula is C11H11F3O2. The summed E-state index contributed by atoms with van der Waals surface area (Å²) in [6, 6.07) is 5.73. The fourth-order valence-corrected chi connectivity index (χ4v) is 1.43. The van der Waals surface area contributed by atoms with Crippen LogP contribution in [0.3, 0.4) is 0 Å². The standard InChI is InChI=1S/C11H11F3O2/c1-7-4-3-5-8(6-7)9(10(15)16-2)11(12,13)14/h3-6,9H,1-2H3. The Bertz CT molecular complexity index is 385. The van der Waals surface area contributed by atoms with E-state index >= 15 is 0 Å². The minimum absolute atomic E-state index is 0.0978. The maximum Gasteiger partial charge on any atom is 0.406 e. The van der Waals surface area contributed by atoms with Gasteiger partial charge in [-0.25, -0.2) is 0 Å². The summed E-state index contributed by atoms with van der Waals surface area (Å²) in [7, 11) is 0.941. The van der Waals surface area contributed by atoms with Crippen molar-refractivity contribution in [2.75, 3.05) is 7.11 Å². The highest BCUT2D eigenvalue weighted by Crippen LogP contribution is 2.35. The molecule has 0 saturated heterocycles. The molecule has 88 valence electrons. The van der Waals surface area contributed by atoms with Crippen molar-refractivity contribution in [1.82, 2.24) is 0 Å². The zero-order chi connectivity index (χ0) is 12.3. The average Bonchev–Trinajstić information content (AvgIpc) is 2.15. The molecule has 1 atom stereocenters. The lowest BCUT2D eigenvalue weighted by Crippen LogP contribution is -2.29. The van der Waals surface area contributed by atoms with Crippen LogP contribution in [0.5, 0.6) is 0 Å². The van der Waals surface area contributed by atoms with Crippen LogP contribution >= 0.6 is 0 Å². The summed E-state index contributed by atoms with van der Waals surface area (Å²) in [4.78, 5) is 11.1. The molecule has 0 aromatic heterocycles. The van der Waals surface area contributed by atoms with E-state index in [1.807, 2.05) is 0 Å². The van der Waals surface area contributed by atoms with Crippen LogP contribution in [0.15, 0.2) is 24.3 Å². The number of carbonyl (C=O) groups is 1. The van der Waals surface area contributed by atoms with Crippen molar-refractivity contribution < 1.29 is 22.7 Å². The van der Waals surface area contributed by atoms with E-state index < -0.39 is 18.1 Å². The first-order chi connectivity index (χ1) is 7.36. The van der Waals surface area contributed by atoms with Gasteiger partial charge in [0.2, 0.25) is 0 Å². The molecule has 0 aliphatic heterocycles. The van der Waals surface area contributed by atoms with Gasteiger partial charge in [0.1, 0.15) is 0 Å². The predicted molar refractivity (Wildman–Crippen MR) is 52.0 cm³/mol. The van der Waals surface area contributed by atoms with Crippen LogP contribution in [-0.4, -0.2) is 19.3 Å². The number of ether oxygens (including phenoxy) is 1. The van der Waals surface area contributed by atoms with Crippen molar-refractivity contribution in [1.29, 1.82) is 0 Å². The van der Waals surface area contributed by atoms with Crippen molar-refractivity contribution in [3.05, 3.63) is 35.4 Å². The van der Waals surface area contributed by atoms with Crippen LogP contribution in [0.2, 0.25) is 0 Å². The van der Waals surface area contributed by atoms with E-state index in [9.17, 15) is 18.0 Å². The maximum absolute atomic E-state index is 12.7. The fraction of sp³-hybridized carbons (Fsp3) is 0.364. The van der Waals surface area contributed by atoms with Gasteiger partial charge in [0.25, 0.3) is 0 Å². The second-order valence-electron chi connectivity index (χ2n) is 3.41. The summed E-state index contributed by atoms with van der Waals surface area (Å²) in [5.41, 5.74) is 0.565. The van der Waals surface area contributed by atoms with E-state index in [-0.39, 0.29) is 5.56 Å². The minimum Gasteiger partial charge on any atom is -0.468 e. The van der Waals surface area contributed by atoms with Crippen molar-refractivity contribution in [2.24, 2.45) is 0 Å². The summed E-state index contributed by atoms with van der Waals surface area (Å²) in [6.07, 6.45) is -4.64. The van der Waals surface area contributed by atoms with E-state index in [1.165, 1.54) is 18.2 Å². The van der Waals surface area contributed by atoms with Gasteiger partial charge in [-0.3, -0.25) is 4.79 Å². The molecule has 0 aliphatic carbocycles. The van der Waals surface area contributed by atoms with Gasteiger partial charge in [0.05, 0.1) is 7.11 Å². The van der Waals surface area contributed by atoms with Crippen LogP contribution in [-0.2, 0) is 9.53 Å². The molecule has 2 nitrogen and oxygen atoms in total. The van der Waals surface area contributed by atoms with Crippen LogP contribution < -0.4 is 0 Å². The Kier molecular flexibility index (Phi) is 3.57. The van der Waals surface area contributed by atoms with Gasteiger partial charge in [-0.1, -0.05) is 29.8 Å². The van der Waals surface area contributed by atoms with E-state index in [1.54, 1.807) is 13.0 Å². The molecule has 1 aromatic carbocycles. The highest BCUT2D eigenvalue weighted by Gasteiger charge is 2.46. The second kappa shape index (κ2) is 4.55. The zero-order valence-corrected chi connectivity index (χ0v) is 8.84. The molecule has 0 aliphatic rings. The third-order valence-corrected chi connectivity index (χ3v) is 2.14. The summed E-state index contributed by atoms with van der Waals surface area (Å²) < 4.78 is 42.2. The number of alkyl halides is 3. The summed E-state index contributed by atoms with van der Waals surface area (Å²) in [5.74, 6) is -3.50. The van der Waals surface area contributed by atoms with Gasteiger partial charge in [0.15, 0.2) is 5.92 Å². The topological polar surface area (TPSA) is 26.3 Å². The summed E-state index contributed by atoms with van der Waals surface area (Å²) in [6.45, 7) is 1.66. The molecule has 0 heterocycles. The Balaban J connectivity index is 3.17. The molecule has 1 aromatic rings. The Morgan fingerprint density at radius 1 is 1.38 bits per heavy atom. The molecule has 0 amide bonds. The summed E-state index contributed by atoms with van der Waals surface area (Å²) in [5, 5.41) is 0. The van der Waals surface area contributed by atoms with Gasteiger partial charge >= 0.3 is 12.1 Å². The number of rotatable bonds is 2. The van der Waals surface area contributed by atoms with E-state index in [2.05, 4.69) is 4.74 Å². The first kappa shape index (κ1) is 12.5. The molecule has 1 rings (SSSR count). The number of hydrogen-bond acceptors (Lipinski definition) is 2. The van der Waals surface area contributed by atoms with Crippen LogP contribution in [0.1, 0.15) is 17.0 Å². The second-order valence-corrected chi connectivity index (χ2v) is 3.41. The lowest BCUT2D eigenvalue weighted by molar-refractivity contribution is -0.179. The van der Waals surface area contributed by atoms with Gasteiger partial charge in [-0.15, -0.1) is 0 Å². The Morgan fingerprint density at radius 2 is 2.00 bits per heavy atom. The molecule has 16 heavy (non-hydrogen) atoms. The van der Waals surface area contributed by atoms with Crippen molar-refractivity contribution in [2.45, 2.75) is 19.0 Å². The average molecular weight is 232 g/mol. The number of methoxy groups -OCH3 is 1. The zero-order valence-electron chi connectivity index (χ0n) is 8.84. The smallest absolute Gasteiger partial charge is 0.406 e. The van der Waals surface area contributed by atoms with Crippen molar-refractivity contribution >= 4 is 5.97 Å². The summed E-state index contributed by atoms with van der Waals surface area (Å²) >= 11 is 0. The normalized spacial score (nSPS) is 13.3. The minimum atomic E-state index is -4.64. The Labute approximate surface area is 91.0 Å². The Hall–Kier alpha value is -1.52. The maximum atomic E-state index is 12.7. The lowest BCUT2D eigenvalue weighted by atomic mass is 9.97. The van der Waals surface area contributed by atoms with Crippen LogP contribution in [0.25, 0.3) is 0 Å². The molecule has 0 N–H and O–H groups in total. The molecule has 1 unspecified atom stereocenters. The van der Waals surface area contributed by atoms with Crippen LogP contribution in [0.4, 0.5) is 13.2 Å². The lowest BCUT2D eigenvalue weighted by Gasteiger charge is -2.18. The molecule has 5 heteroatoms. The number of halogens is 3. The quantitative estimate of drug-likeness (QED) is 0.733. The fourth-order valence-electron chi connectivity index (χ4n) is 1.43.